The first-order valence-corrected chi connectivity index (χ1v) is 5.09. The first-order valence-electron chi connectivity index (χ1n) is 5.09. The largest absolute Gasteiger partial charge is 0.386 e. The van der Waals surface area contributed by atoms with Crippen LogP contribution in [0, 0.1) is 11.3 Å². The fraction of sp³-hybridized carbons (Fsp3) is 0.167. The van der Waals surface area contributed by atoms with E-state index in [0.717, 1.165) is 0 Å². The molecular weight excluding hydrogens is 234 g/mol. The van der Waals surface area contributed by atoms with E-state index < -0.39 is 11.6 Å². The van der Waals surface area contributed by atoms with Crippen LogP contribution in [0.2, 0.25) is 0 Å². The summed E-state index contributed by atoms with van der Waals surface area (Å²) in [5.74, 6) is -0.946. The fourth-order valence-corrected chi connectivity index (χ4v) is 1.09. The van der Waals surface area contributed by atoms with Crippen molar-refractivity contribution in [3.05, 3.63) is 35.9 Å². The molecule has 0 aliphatic carbocycles. The van der Waals surface area contributed by atoms with E-state index in [1.165, 1.54) is 7.05 Å². The van der Waals surface area contributed by atoms with Crippen LogP contribution >= 0.6 is 0 Å². The van der Waals surface area contributed by atoms with E-state index in [1.807, 2.05) is 0 Å². The van der Waals surface area contributed by atoms with Gasteiger partial charge in [0.05, 0.1) is 0 Å². The van der Waals surface area contributed by atoms with Crippen LogP contribution in [-0.2, 0) is 9.63 Å². The molecule has 0 aliphatic rings. The van der Waals surface area contributed by atoms with Gasteiger partial charge in [-0.3, -0.25) is 9.59 Å². The third-order valence-electron chi connectivity index (χ3n) is 2.00. The van der Waals surface area contributed by atoms with Crippen LogP contribution in [0.5, 0.6) is 0 Å². The van der Waals surface area contributed by atoms with Crippen molar-refractivity contribution in [2.24, 2.45) is 5.16 Å². The highest BCUT2D eigenvalue weighted by Crippen LogP contribution is 2.00. The number of ketones is 1. The van der Waals surface area contributed by atoms with E-state index in [2.05, 4.69) is 15.3 Å². The summed E-state index contributed by atoms with van der Waals surface area (Å²) in [6.45, 7) is -0.327. The molecule has 0 atom stereocenters. The summed E-state index contributed by atoms with van der Waals surface area (Å²) in [5.41, 5.74) is 0.0458. The average molecular weight is 245 g/mol. The zero-order valence-corrected chi connectivity index (χ0v) is 9.71. The van der Waals surface area contributed by atoms with Crippen molar-refractivity contribution in [1.29, 1.82) is 5.26 Å². The lowest BCUT2D eigenvalue weighted by Crippen LogP contribution is -2.26. The van der Waals surface area contributed by atoms with Crippen LogP contribution < -0.4 is 5.32 Å². The number of hydrogen-bond acceptors (Lipinski definition) is 5. The molecule has 0 heterocycles. The molecule has 18 heavy (non-hydrogen) atoms. The fourth-order valence-electron chi connectivity index (χ4n) is 1.09. The first-order chi connectivity index (χ1) is 8.69. The molecule has 0 saturated carbocycles. The Morgan fingerprint density at radius 1 is 1.39 bits per heavy atom. The number of amides is 1. The molecule has 0 spiro atoms. The summed E-state index contributed by atoms with van der Waals surface area (Å²) in [5, 5.41) is 14.1. The number of nitriles is 1. The van der Waals surface area contributed by atoms with Crippen molar-refractivity contribution < 1.29 is 14.4 Å². The van der Waals surface area contributed by atoms with E-state index in [1.54, 1.807) is 36.4 Å². The molecular formula is C12H11N3O3. The molecule has 6 nitrogen and oxygen atoms in total. The third kappa shape index (κ3) is 3.72. The Morgan fingerprint density at radius 3 is 2.61 bits per heavy atom. The molecule has 1 amide bonds. The molecule has 1 aromatic rings. The lowest BCUT2D eigenvalue weighted by Gasteiger charge is -2.00. The molecule has 1 aromatic carbocycles. The third-order valence-corrected chi connectivity index (χ3v) is 2.00. The van der Waals surface area contributed by atoms with E-state index in [0.29, 0.717) is 5.56 Å². The quantitative estimate of drug-likeness (QED) is 0.465. The van der Waals surface area contributed by atoms with E-state index in [-0.39, 0.29) is 12.4 Å². The van der Waals surface area contributed by atoms with Gasteiger partial charge in [0.2, 0.25) is 11.5 Å². The topological polar surface area (TPSA) is 91.6 Å². The Morgan fingerprint density at radius 2 is 2.06 bits per heavy atom. The maximum Gasteiger partial charge on any atom is 0.284 e. The summed E-state index contributed by atoms with van der Waals surface area (Å²) in [4.78, 5) is 27.3. The van der Waals surface area contributed by atoms with Gasteiger partial charge in [-0.2, -0.15) is 5.26 Å². The smallest absolute Gasteiger partial charge is 0.284 e. The number of rotatable bonds is 5. The molecule has 1 rings (SSSR count). The second kappa shape index (κ2) is 6.81. The van der Waals surface area contributed by atoms with Crippen LogP contribution in [0.25, 0.3) is 0 Å². The maximum atomic E-state index is 11.6. The predicted octanol–water partition coefficient (Wildman–Crippen LogP) is 0.511. The van der Waals surface area contributed by atoms with Gasteiger partial charge in [-0.25, -0.2) is 0 Å². The van der Waals surface area contributed by atoms with Crippen LogP contribution in [0.4, 0.5) is 0 Å². The van der Waals surface area contributed by atoms with Gasteiger partial charge < -0.3 is 10.2 Å². The van der Waals surface area contributed by atoms with Crippen LogP contribution in [0.3, 0.4) is 0 Å². The van der Waals surface area contributed by atoms with Crippen molar-refractivity contribution in [2.45, 2.75) is 0 Å². The summed E-state index contributed by atoms with van der Waals surface area (Å²) in [6, 6.07) is 10.1. The predicted molar refractivity (Wildman–Crippen MR) is 63.8 cm³/mol. The van der Waals surface area contributed by atoms with Crippen molar-refractivity contribution >= 4 is 17.4 Å². The monoisotopic (exact) mass is 245 g/mol. The molecule has 6 heteroatoms. The minimum Gasteiger partial charge on any atom is -0.386 e. The van der Waals surface area contributed by atoms with Gasteiger partial charge in [-0.05, 0) is 0 Å². The van der Waals surface area contributed by atoms with Crippen LogP contribution in [-0.4, -0.2) is 31.1 Å². The normalized spacial score (nSPS) is 10.3. The highest BCUT2D eigenvalue weighted by atomic mass is 16.6. The Kier molecular flexibility index (Phi) is 5.06. The molecule has 0 aliphatic heterocycles. The van der Waals surface area contributed by atoms with Gasteiger partial charge in [0, 0.05) is 12.6 Å². The number of hydrogen-bond donors (Lipinski definition) is 1. The number of nitrogens with zero attached hydrogens (tertiary/aromatic N) is 2. The van der Waals surface area contributed by atoms with Gasteiger partial charge in [0.1, 0.15) is 6.07 Å². The lowest BCUT2D eigenvalue weighted by molar-refractivity contribution is -0.114. The number of carbonyl (C=O) groups excluding carboxylic acids is 2. The van der Waals surface area contributed by atoms with E-state index in [4.69, 9.17) is 5.26 Å². The second-order valence-corrected chi connectivity index (χ2v) is 3.19. The molecule has 0 fully saturated rings. The van der Waals surface area contributed by atoms with E-state index in [9.17, 15) is 9.59 Å². The van der Waals surface area contributed by atoms with Crippen LogP contribution in [0.15, 0.2) is 35.5 Å². The average Bonchev–Trinajstić information content (AvgIpc) is 2.43. The lowest BCUT2D eigenvalue weighted by atomic mass is 10.1. The number of nitrogens with one attached hydrogen (secondary N) is 1. The zero-order valence-electron chi connectivity index (χ0n) is 9.71. The second-order valence-electron chi connectivity index (χ2n) is 3.19. The first kappa shape index (κ1) is 13.4. The van der Waals surface area contributed by atoms with Gasteiger partial charge in [0.25, 0.3) is 5.91 Å². The number of oxime groups is 1. The van der Waals surface area contributed by atoms with E-state index >= 15 is 0 Å². The summed E-state index contributed by atoms with van der Waals surface area (Å²) in [7, 11) is 1.37. The molecule has 0 unspecified atom stereocenters. The Hall–Kier alpha value is -2.68. The van der Waals surface area contributed by atoms with Crippen LogP contribution in [0.1, 0.15) is 10.4 Å². The number of Topliss-reactive ketones (excluding diaryl/α,β-unsaturated/α-hetero) is 1. The molecule has 0 aromatic heterocycles. The zero-order chi connectivity index (χ0) is 13.4. The maximum absolute atomic E-state index is 11.6. The summed E-state index contributed by atoms with van der Waals surface area (Å²) in [6.07, 6.45) is 0. The highest BCUT2D eigenvalue weighted by molar-refractivity contribution is 6.44. The van der Waals surface area contributed by atoms with Crippen molar-refractivity contribution in [3.8, 4) is 6.07 Å². The minimum atomic E-state index is -0.662. The Balaban J connectivity index is 2.57. The molecule has 1 N–H and O–H groups in total. The minimum absolute atomic E-state index is 0.284. The SMILES string of the molecule is CNC(=O)C(C#N)=NOCC(=O)c1ccccc1. The molecule has 92 valence electrons. The van der Waals surface area contributed by atoms with Crippen molar-refractivity contribution in [1.82, 2.24) is 5.32 Å². The standard InChI is InChI=1S/C12H11N3O3/c1-14-12(17)10(7-13)15-18-8-11(16)9-5-3-2-4-6-9/h2-6H,8H2,1H3,(H,14,17). The van der Waals surface area contributed by atoms with Gasteiger partial charge in [-0.1, -0.05) is 35.5 Å². The highest BCUT2D eigenvalue weighted by Gasteiger charge is 2.10. The number of carbonyl (C=O) groups is 2. The molecule has 0 radical (unpaired) electrons. The number of benzene rings is 1. The van der Waals surface area contributed by atoms with Crippen molar-refractivity contribution in [3.63, 3.8) is 0 Å². The van der Waals surface area contributed by atoms with Gasteiger partial charge >= 0.3 is 0 Å². The summed E-state index contributed by atoms with van der Waals surface area (Å²) < 4.78 is 0. The van der Waals surface area contributed by atoms with Gasteiger partial charge in [0.15, 0.2) is 6.61 Å². The van der Waals surface area contributed by atoms with Gasteiger partial charge in [-0.15, -0.1) is 0 Å². The Labute approximate surface area is 104 Å². The summed E-state index contributed by atoms with van der Waals surface area (Å²) >= 11 is 0. The Bertz CT molecular complexity index is 503. The molecule has 0 saturated heterocycles. The van der Waals surface area contributed by atoms with Crippen molar-refractivity contribution in [2.75, 3.05) is 13.7 Å². The molecule has 0 bridgehead atoms.